The molecule has 2 N–H and O–H groups in total. The molecule has 28 heavy (non-hydrogen) atoms. The summed E-state index contributed by atoms with van der Waals surface area (Å²) in [6.45, 7) is 0.977. The van der Waals surface area contributed by atoms with Crippen molar-refractivity contribution < 1.29 is 14.7 Å². The number of hydrogen-bond donors (Lipinski definition) is 2. The molecule has 1 atom stereocenters. The zero-order chi connectivity index (χ0) is 19.8. The van der Waals surface area contributed by atoms with E-state index in [-0.39, 0.29) is 18.6 Å². The van der Waals surface area contributed by atoms with Crippen LogP contribution in [0.1, 0.15) is 61.3 Å². The van der Waals surface area contributed by atoms with Crippen LogP contribution < -0.4 is 5.32 Å². The van der Waals surface area contributed by atoms with Crippen molar-refractivity contribution in [2.45, 2.75) is 57.3 Å². The minimum Gasteiger partial charge on any atom is -0.481 e. The van der Waals surface area contributed by atoms with Gasteiger partial charge in [-0.1, -0.05) is 6.07 Å². The fourth-order valence-electron chi connectivity index (χ4n) is 3.49. The van der Waals surface area contributed by atoms with Gasteiger partial charge < -0.3 is 10.4 Å². The molecule has 1 aliphatic rings. The van der Waals surface area contributed by atoms with Crippen molar-refractivity contribution >= 4 is 17.6 Å². The van der Waals surface area contributed by atoms with Crippen LogP contribution in [0, 0.1) is 0 Å². The number of ketones is 1. The second kappa shape index (κ2) is 9.92. The van der Waals surface area contributed by atoms with Crippen molar-refractivity contribution in [3.63, 3.8) is 0 Å². The lowest BCUT2D eigenvalue weighted by atomic mass is 9.94. The van der Waals surface area contributed by atoms with Gasteiger partial charge in [-0.3, -0.25) is 9.59 Å². The monoisotopic (exact) mass is 382 g/mol. The Balaban J connectivity index is 1.39. The Morgan fingerprint density at radius 3 is 2.75 bits per heavy atom. The van der Waals surface area contributed by atoms with E-state index >= 15 is 0 Å². The highest BCUT2D eigenvalue weighted by Crippen LogP contribution is 2.22. The molecule has 0 unspecified atom stereocenters. The molecule has 0 amide bonds. The van der Waals surface area contributed by atoms with Crippen LogP contribution >= 0.6 is 0 Å². The molecule has 148 valence electrons. The van der Waals surface area contributed by atoms with E-state index in [9.17, 15) is 14.7 Å². The lowest BCUT2D eigenvalue weighted by Crippen LogP contribution is -2.14. The number of anilines is 1. The molecular formula is C21H26N4O3. The second-order valence-electron chi connectivity index (χ2n) is 7.19. The number of pyridine rings is 1. The summed E-state index contributed by atoms with van der Waals surface area (Å²) >= 11 is 0. The first-order chi connectivity index (χ1) is 13.6. The average Bonchev–Trinajstić information content (AvgIpc) is 2.72. The number of aromatic nitrogens is 3. The minimum absolute atomic E-state index is 0.100. The largest absolute Gasteiger partial charge is 0.481 e. The van der Waals surface area contributed by atoms with E-state index in [2.05, 4.69) is 32.4 Å². The Kier molecular flexibility index (Phi) is 7.06. The first-order valence-corrected chi connectivity index (χ1v) is 9.85. The number of aliphatic carboxylic acids is 1. The number of unbranched alkanes of at least 4 members (excludes halogenated alkanes) is 1. The third-order valence-electron chi connectivity index (χ3n) is 5.08. The van der Waals surface area contributed by atoms with Gasteiger partial charge in [0.25, 0.3) is 0 Å². The standard InChI is InChI=1S/C21H26N4O3/c26-18(9-10-19(21(27)28)16-12-22-14-23-13-16)6-2-1-5-17-8-7-15-4-3-11-24-20(15)25-17/h7-8,12-14,19H,1-6,9-11H2,(H,24,25)(H,27,28)/t19-/m0/s1. The van der Waals surface area contributed by atoms with Crippen LogP contribution in [-0.2, 0) is 22.4 Å². The highest BCUT2D eigenvalue weighted by molar-refractivity contribution is 5.80. The number of nitrogens with one attached hydrogen (secondary N) is 1. The Morgan fingerprint density at radius 1 is 1.14 bits per heavy atom. The summed E-state index contributed by atoms with van der Waals surface area (Å²) in [5.74, 6) is -0.584. The Morgan fingerprint density at radius 2 is 1.96 bits per heavy atom. The van der Waals surface area contributed by atoms with Gasteiger partial charge in [0.2, 0.25) is 0 Å². The number of aryl methyl sites for hydroxylation is 2. The van der Waals surface area contributed by atoms with Gasteiger partial charge in [0.05, 0.1) is 5.92 Å². The average molecular weight is 382 g/mol. The molecule has 0 spiro atoms. The number of carbonyl (C=O) groups is 2. The summed E-state index contributed by atoms with van der Waals surface area (Å²) in [4.78, 5) is 36.0. The zero-order valence-corrected chi connectivity index (χ0v) is 15.9. The predicted octanol–water partition coefficient (Wildman–Crippen LogP) is 3.16. The molecule has 2 aromatic heterocycles. The van der Waals surface area contributed by atoms with E-state index < -0.39 is 11.9 Å². The van der Waals surface area contributed by atoms with Crippen LogP contribution in [0.15, 0.2) is 30.9 Å². The Hall–Kier alpha value is -2.83. The van der Waals surface area contributed by atoms with Crippen LogP contribution in [0.2, 0.25) is 0 Å². The topological polar surface area (TPSA) is 105 Å². The summed E-state index contributed by atoms with van der Waals surface area (Å²) in [7, 11) is 0. The zero-order valence-electron chi connectivity index (χ0n) is 15.9. The van der Waals surface area contributed by atoms with Gasteiger partial charge in [-0.2, -0.15) is 0 Å². The number of carboxylic acid groups (broad SMARTS) is 1. The molecule has 7 heteroatoms. The van der Waals surface area contributed by atoms with E-state index in [1.165, 1.54) is 24.3 Å². The number of rotatable bonds is 10. The van der Waals surface area contributed by atoms with Crippen LogP contribution in [0.25, 0.3) is 0 Å². The van der Waals surface area contributed by atoms with Crippen LogP contribution in [0.4, 0.5) is 5.82 Å². The molecule has 0 bridgehead atoms. The predicted molar refractivity (Wildman–Crippen MR) is 105 cm³/mol. The molecule has 2 aromatic rings. The molecule has 0 fully saturated rings. The third kappa shape index (κ3) is 5.58. The maximum atomic E-state index is 12.2. The maximum Gasteiger partial charge on any atom is 0.311 e. The molecule has 3 heterocycles. The van der Waals surface area contributed by atoms with Gasteiger partial charge in [-0.25, -0.2) is 15.0 Å². The summed E-state index contributed by atoms with van der Waals surface area (Å²) in [5, 5.41) is 12.7. The molecule has 1 aliphatic heterocycles. The van der Waals surface area contributed by atoms with Crippen LogP contribution in [-0.4, -0.2) is 38.4 Å². The first kappa shape index (κ1) is 19.9. The summed E-state index contributed by atoms with van der Waals surface area (Å²) in [6.07, 6.45) is 10.1. The van der Waals surface area contributed by atoms with Gasteiger partial charge >= 0.3 is 5.97 Å². The van der Waals surface area contributed by atoms with E-state index in [1.807, 2.05) is 0 Å². The van der Waals surface area contributed by atoms with Gasteiger partial charge in [0.1, 0.15) is 17.9 Å². The van der Waals surface area contributed by atoms with Crippen molar-refractivity contribution in [3.05, 3.63) is 47.7 Å². The quantitative estimate of drug-likeness (QED) is 0.608. The fourth-order valence-corrected chi connectivity index (χ4v) is 3.49. The van der Waals surface area contributed by atoms with E-state index in [0.29, 0.717) is 12.0 Å². The van der Waals surface area contributed by atoms with Crippen molar-refractivity contribution in [2.75, 3.05) is 11.9 Å². The summed E-state index contributed by atoms with van der Waals surface area (Å²) in [5.41, 5.74) is 2.87. The molecule has 0 saturated carbocycles. The molecule has 7 nitrogen and oxygen atoms in total. The van der Waals surface area contributed by atoms with Crippen molar-refractivity contribution in [1.82, 2.24) is 15.0 Å². The van der Waals surface area contributed by atoms with E-state index in [0.717, 1.165) is 50.2 Å². The number of carbonyl (C=O) groups excluding carboxylic acids is 1. The molecule has 0 aliphatic carbocycles. The lowest BCUT2D eigenvalue weighted by molar-refractivity contribution is -0.139. The number of fused-ring (bicyclic) bond motifs is 1. The molecule has 0 radical (unpaired) electrons. The number of hydrogen-bond acceptors (Lipinski definition) is 6. The molecule has 0 aromatic carbocycles. The number of nitrogens with zero attached hydrogens (tertiary/aromatic N) is 3. The summed E-state index contributed by atoms with van der Waals surface area (Å²) in [6, 6.07) is 4.22. The minimum atomic E-state index is -0.949. The lowest BCUT2D eigenvalue weighted by Gasteiger charge is -2.17. The van der Waals surface area contributed by atoms with Gasteiger partial charge in [-0.15, -0.1) is 0 Å². The third-order valence-corrected chi connectivity index (χ3v) is 5.08. The normalized spacial score (nSPS) is 14.0. The highest BCUT2D eigenvalue weighted by Gasteiger charge is 2.21. The Labute approximate surface area is 164 Å². The number of Topliss-reactive ketones (excluding diaryl/α,β-unsaturated/α-hetero) is 1. The highest BCUT2D eigenvalue weighted by atomic mass is 16.4. The van der Waals surface area contributed by atoms with Crippen LogP contribution in [0.3, 0.4) is 0 Å². The van der Waals surface area contributed by atoms with E-state index in [1.54, 1.807) is 0 Å². The van der Waals surface area contributed by atoms with Crippen molar-refractivity contribution in [2.24, 2.45) is 0 Å². The second-order valence-corrected chi connectivity index (χ2v) is 7.19. The maximum absolute atomic E-state index is 12.2. The molecule has 3 rings (SSSR count). The number of carboxylic acids is 1. The van der Waals surface area contributed by atoms with Crippen molar-refractivity contribution in [3.8, 4) is 0 Å². The Bertz CT molecular complexity index is 811. The van der Waals surface area contributed by atoms with Gasteiger partial charge in [0, 0.05) is 43.0 Å². The van der Waals surface area contributed by atoms with Gasteiger partial charge in [0.15, 0.2) is 0 Å². The SMILES string of the molecule is O=C(CCCCc1ccc2c(n1)NCCC2)CC[C@H](C(=O)O)c1cncnc1. The molecule has 0 saturated heterocycles. The van der Waals surface area contributed by atoms with Crippen LogP contribution in [0.5, 0.6) is 0 Å². The smallest absolute Gasteiger partial charge is 0.311 e. The molecular weight excluding hydrogens is 356 g/mol. The first-order valence-electron chi connectivity index (χ1n) is 9.85. The fraction of sp³-hybridized carbons (Fsp3) is 0.476. The van der Waals surface area contributed by atoms with Gasteiger partial charge in [-0.05, 0) is 50.2 Å². The summed E-state index contributed by atoms with van der Waals surface area (Å²) < 4.78 is 0. The van der Waals surface area contributed by atoms with Crippen molar-refractivity contribution in [1.29, 1.82) is 0 Å². The van der Waals surface area contributed by atoms with E-state index in [4.69, 9.17) is 0 Å².